The number of ether oxygens (including phenoxy) is 1. The molecule has 0 spiro atoms. The minimum absolute atomic E-state index is 0.207. The SMILES string of the molecule is Cc1cc(OCC2CCC2)cc(C)c1S(N)(=O)=O. The van der Waals surface area contributed by atoms with Crippen LogP contribution in [0.2, 0.25) is 0 Å². The first kappa shape index (κ1) is 13.4. The Morgan fingerprint density at radius 1 is 1.28 bits per heavy atom. The monoisotopic (exact) mass is 269 g/mol. The van der Waals surface area contributed by atoms with Gasteiger partial charge >= 0.3 is 0 Å². The fourth-order valence-electron chi connectivity index (χ4n) is 2.32. The van der Waals surface area contributed by atoms with E-state index in [1.165, 1.54) is 19.3 Å². The Hall–Kier alpha value is -1.07. The molecule has 0 radical (unpaired) electrons. The van der Waals surface area contributed by atoms with E-state index in [1.54, 1.807) is 26.0 Å². The predicted octanol–water partition coefficient (Wildman–Crippen LogP) is 2.13. The molecule has 1 saturated carbocycles. The molecule has 1 aliphatic rings. The van der Waals surface area contributed by atoms with Crippen LogP contribution < -0.4 is 9.88 Å². The molecule has 0 atom stereocenters. The van der Waals surface area contributed by atoms with E-state index in [4.69, 9.17) is 9.88 Å². The van der Waals surface area contributed by atoms with Crippen molar-refractivity contribution in [3.8, 4) is 5.75 Å². The lowest BCUT2D eigenvalue weighted by atomic mass is 9.86. The van der Waals surface area contributed by atoms with Gasteiger partial charge in [0, 0.05) is 0 Å². The molecule has 0 amide bonds. The summed E-state index contributed by atoms with van der Waals surface area (Å²) in [5, 5.41) is 5.19. The summed E-state index contributed by atoms with van der Waals surface area (Å²) < 4.78 is 28.6. The van der Waals surface area contributed by atoms with Gasteiger partial charge in [-0.3, -0.25) is 0 Å². The fourth-order valence-corrected chi connectivity index (χ4v) is 3.33. The highest BCUT2D eigenvalue weighted by Crippen LogP contribution is 2.29. The van der Waals surface area contributed by atoms with Crippen molar-refractivity contribution in [1.82, 2.24) is 0 Å². The Morgan fingerprint density at radius 3 is 2.22 bits per heavy atom. The summed E-state index contributed by atoms with van der Waals surface area (Å²) in [4.78, 5) is 0.207. The molecule has 1 aromatic carbocycles. The van der Waals surface area contributed by atoms with Crippen molar-refractivity contribution in [2.75, 3.05) is 6.61 Å². The number of hydrogen-bond donors (Lipinski definition) is 1. The quantitative estimate of drug-likeness (QED) is 0.910. The third kappa shape index (κ3) is 2.84. The first-order valence-corrected chi connectivity index (χ1v) is 7.69. The summed E-state index contributed by atoms with van der Waals surface area (Å²) in [5.41, 5.74) is 1.28. The number of benzene rings is 1. The zero-order valence-electron chi connectivity index (χ0n) is 10.8. The lowest BCUT2D eigenvalue weighted by molar-refractivity contribution is 0.180. The molecular formula is C13H19NO3S. The number of rotatable bonds is 4. The number of primary sulfonamides is 1. The molecule has 100 valence electrons. The summed E-state index contributed by atoms with van der Waals surface area (Å²) >= 11 is 0. The van der Waals surface area contributed by atoms with Gasteiger partial charge in [0.15, 0.2) is 0 Å². The maximum absolute atomic E-state index is 11.4. The van der Waals surface area contributed by atoms with Crippen LogP contribution in [0.15, 0.2) is 17.0 Å². The molecule has 2 rings (SSSR count). The summed E-state index contributed by atoms with van der Waals surface area (Å²) in [6.45, 7) is 4.19. The van der Waals surface area contributed by atoms with E-state index < -0.39 is 10.0 Å². The van der Waals surface area contributed by atoms with Gasteiger partial charge in [-0.25, -0.2) is 13.6 Å². The van der Waals surface area contributed by atoms with Gasteiger partial charge in [0.25, 0.3) is 0 Å². The van der Waals surface area contributed by atoms with Gasteiger partial charge in [-0.05, 0) is 55.9 Å². The highest BCUT2D eigenvalue weighted by molar-refractivity contribution is 7.89. The highest BCUT2D eigenvalue weighted by atomic mass is 32.2. The molecule has 0 heterocycles. The zero-order valence-corrected chi connectivity index (χ0v) is 11.6. The van der Waals surface area contributed by atoms with Crippen LogP contribution >= 0.6 is 0 Å². The summed E-state index contributed by atoms with van der Waals surface area (Å²) in [7, 11) is -3.66. The number of nitrogens with two attached hydrogens (primary N) is 1. The van der Waals surface area contributed by atoms with Gasteiger partial charge in [-0.15, -0.1) is 0 Å². The summed E-state index contributed by atoms with van der Waals surface area (Å²) in [5.74, 6) is 1.38. The molecule has 1 aromatic rings. The smallest absolute Gasteiger partial charge is 0.238 e. The Morgan fingerprint density at radius 2 is 1.83 bits per heavy atom. The molecule has 0 saturated heterocycles. The Bertz CT molecular complexity index is 524. The van der Waals surface area contributed by atoms with Crippen LogP contribution in [0.5, 0.6) is 5.75 Å². The Kier molecular flexibility index (Phi) is 3.64. The molecule has 1 fully saturated rings. The van der Waals surface area contributed by atoms with Crippen molar-refractivity contribution < 1.29 is 13.2 Å². The fraction of sp³-hybridized carbons (Fsp3) is 0.538. The average molecular weight is 269 g/mol. The maximum atomic E-state index is 11.4. The second-order valence-corrected chi connectivity index (χ2v) is 6.54. The normalized spacial score (nSPS) is 16.4. The van der Waals surface area contributed by atoms with Gasteiger partial charge in [0.2, 0.25) is 10.0 Å². The number of aryl methyl sites for hydroxylation is 2. The third-order valence-electron chi connectivity index (χ3n) is 3.43. The van der Waals surface area contributed by atoms with E-state index in [0.29, 0.717) is 23.7 Å². The molecule has 0 bridgehead atoms. The van der Waals surface area contributed by atoms with Crippen molar-refractivity contribution >= 4 is 10.0 Å². The second-order valence-electron chi connectivity index (χ2n) is 5.04. The van der Waals surface area contributed by atoms with Gasteiger partial charge in [0.1, 0.15) is 5.75 Å². The van der Waals surface area contributed by atoms with Crippen LogP contribution in [0.4, 0.5) is 0 Å². The number of sulfonamides is 1. The zero-order chi connectivity index (χ0) is 13.3. The van der Waals surface area contributed by atoms with Crippen LogP contribution in [-0.4, -0.2) is 15.0 Å². The molecule has 0 aliphatic heterocycles. The maximum Gasteiger partial charge on any atom is 0.238 e. The van der Waals surface area contributed by atoms with Crippen molar-refractivity contribution in [3.63, 3.8) is 0 Å². The first-order chi connectivity index (χ1) is 8.38. The van der Waals surface area contributed by atoms with Gasteiger partial charge < -0.3 is 4.74 Å². The standard InChI is InChI=1S/C13H19NO3S/c1-9-6-12(17-8-11-4-3-5-11)7-10(2)13(9)18(14,15)16/h6-7,11H,3-5,8H2,1-2H3,(H2,14,15,16). The van der Waals surface area contributed by atoms with Crippen LogP contribution in [0.25, 0.3) is 0 Å². The van der Waals surface area contributed by atoms with E-state index in [2.05, 4.69) is 0 Å². The van der Waals surface area contributed by atoms with Gasteiger partial charge in [0.05, 0.1) is 11.5 Å². The molecule has 0 unspecified atom stereocenters. The van der Waals surface area contributed by atoms with Crippen molar-refractivity contribution in [2.24, 2.45) is 11.1 Å². The molecule has 0 aromatic heterocycles. The highest BCUT2D eigenvalue weighted by Gasteiger charge is 2.19. The summed E-state index contributed by atoms with van der Waals surface area (Å²) in [6, 6.07) is 3.48. The molecule has 18 heavy (non-hydrogen) atoms. The summed E-state index contributed by atoms with van der Waals surface area (Å²) in [6.07, 6.45) is 3.75. The van der Waals surface area contributed by atoms with Crippen molar-refractivity contribution in [1.29, 1.82) is 0 Å². The van der Waals surface area contributed by atoms with E-state index in [1.807, 2.05) is 0 Å². The first-order valence-electron chi connectivity index (χ1n) is 6.15. The van der Waals surface area contributed by atoms with Crippen LogP contribution in [-0.2, 0) is 10.0 Å². The Balaban J connectivity index is 2.19. The topological polar surface area (TPSA) is 69.4 Å². The lowest BCUT2D eigenvalue weighted by Gasteiger charge is -2.25. The van der Waals surface area contributed by atoms with Gasteiger partial charge in [-0.2, -0.15) is 0 Å². The Labute approximate surface area is 108 Å². The molecule has 2 N–H and O–H groups in total. The van der Waals surface area contributed by atoms with E-state index in [0.717, 1.165) is 5.75 Å². The molecular weight excluding hydrogens is 250 g/mol. The van der Waals surface area contributed by atoms with Crippen LogP contribution in [0.1, 0.15) is 30.4 Å². The minimum Gasteiger partial charge on any atom is -0.493 e. The number of hydrogen-bond acceptors (Lipinski definition) is 3. The molecule has 5 heteroatoms. The van der Waals surface area contributed by atoms with Crippen LogP contribution in [0, 0.1) is 19.8 Å². The minimum atomic E-state index is -3.66. The van der Waals surface area contributed by atoms with Crippen molar-refractivity contribution in [2.45, 2.75) is 38.0 Å². The van der Waals surface area contributed by atoms with Gasteiger partial charge in [-0.1, -0.05) is 6.42 Å². The molecule has 1 aliphatic carbocycles. The van der Waals surface area contributed by atoms with E-state index >= 15 is 0 Å². The average Bonchev–Trinajstić information content (AvgIpc) is 2.11. The predicted molar refractivity (Wildman–Crippen MR) is 70.1 cm³/mol. The largest absolute Gasteiger partial charge is 0.493 e. The lowest BCUT2D eigenvalue weighted by Crippen LogP contribution is -2.19. The van der Waals surface area contributed by atoms with E-state index in [-0.39, 0.29) is 4.90 Å². The second kappa shape index (κ2) is 4.90. The van der Waals surface area contributed by atoms with E-state index in [9.17, 15) is 8.42 Å². The molecule has 4 nitrogen and oxygen atoms in total. The third-order valence-corrected chi connectivity index (χ3v) is 4.64. The van der Waals surface area contributed by atoms with Crippen LogP contribution in [0.3, 0.4) is 0 Å². The van der Waals surface area contributed by atoms with Crippen molar-refractivity contribution in [3.05, 3.63) is 23.3 Å².